The van der Waals surface area contributed by atoms with E-state index < -0.39 is 17.4 Å². The molecular weight excluding hydrogens is 380 g/mol. The number of anilines is 1. The van der Waals surface area contributed by atoms with Gasteiger partial charge in [0.25, 0.3) is 5.91 Å². The molecule has 7 nitrogen and oxygen atoms in total. The number of fused-ring (bicyclic) bond motifs is 3. The Balaban J connectivity index is 1.48. The van der Waals surface area contributed by atoms with Crippen LogP contribution in [0.4, 0.5) is 5.69 Å². The first-order valence-corrected chi connectivity index (χ1v) is 9.64. The zero-order chi connectivity index (χ0) is 19.7. The van der Waals surface area contributed by atoms with Gasteiger partial charge in [0.05, 0.1) is 5.69 Å². The Kier molecular flexibility index (Phi) is 4.72. The van der Waals surface area contributed by atoms with Gasteiger partial charge in [0.1, 0.15) is 5.75 Å². The van der Waals surface area contributed by atoms with Crippen molar-refractivity contribution in [3.8, 4) is 5.75 Å². The quantitative estimate of drug-likeness (QED) is 0.776. The molecule has 28 heavy (non-hydrogen) atoms. The second-order valence-electron chi connectivity index (χ2n) is 6.60. The minimum atomic E-state index is -1.05. The molecule has 144 valence electrons. The second-order valence-corrected chi connectivity index (χ2v) is 7.92. The first-order valence-electron chi connectivity index (χ1n) is 8.82. The van der Waals surface area contributed by atoms with Crippen LogP contribution in [0.25, 0.3) is 0 Å². The van der Waals surface area contributed by atoms with Crippen molar-refractivity contribution in [1.82, 2.24) is 5.32 Å². The summed E-state index contributed by atoms with van der Waals surface area (Å²) >= 11 is 1.42. The van der Waals surface area contributed by atoms with Crippen molar-refractivity contribution in [3.05, 3.63) is 54.1 Å². The molecule has 2 aromatic carbocycles. The summed E-state index contributed by atoms with van der Waals surface area (Å²) in [5, 5.41) is 11.6. The standard InChI is InChI=1S/C20H18N2O5S/c23-17-8-9-20(22(17)15-6-1-2-7-16(15)28-20)19(26)21-11-13-4-3-5-14(10-13)27-12-18(24)25/h1-7,10H,8-9,11-12H2,(H,21,26)(H,24,25). The maximum atomic E-state index is 13.1. The van der Waals surface area contributed by atoms with Crippen LogP contribution >= 0.6 is 11.8 Å². The predicted octanol–water partition coefficient (Wildman–Crippen LogP) is 2.40. The normalized spacial score (nSPS) is 19.9. The molecule has 4 rings (SSSR count). The molecule has 1 fully saturated rings. The molecule has 1 saturated heterocycles. The lowest BCUT2D eigenvalue weighted by atomic mass is 10.1. The summed E-state index contributed by atoms with van der Waals surface area (Å²) in [5.41, 5.74) is 1.57. The first kappa shape index (κ1) is 18.4. The number of nitrogens with zero attached hydrogens (tertiary/aromatic N) is 1. The van der Waals surface area contributed by atoms with E-state index in [-0.39, 0.29) is 18.4 Å². The fourth-order valence-corrected chi connectivity index (χ4v) is 4.94. The highest BCUT2D eigenvalue weighted by Gasteiger charge is 2.57. The molecule has 1 unspecified atom stereocenters. The maximum Gasteiger partial charge on any atom is 0.341 e. The van der Waals surface area contributed by atoms with E-state index in [1.165, 1.54) is 11.8 Å². The molecule has 2 amide bonds. The van der Waals surface area contributed by atoms with Crippen LogP contribution in [0.2, 0.25) is 0 Å². The number of carboxylic acid groups (broad SMARTS) is 1. The van der Waals surface area contributed by atoms with Crippen molar-refractivity contribution >= 4 is 35.2 Å². The predicted molar refractivity (Wildman–Crippen MR) is 103 cm³/mol. The van der Waals surface area contributed by atoms with Gasteiger partial charge >= 0.3 is 5.97 Å². The highest BCUT2D eigenvalue weighted by molar-refractivity contribution is 8.02. The van der Waals surface area contributed by atoms with E-state index >= 15 is 0 Å². The Morgan fingerprint density at radius 2 is 2.04 bits per heavy atom. The van der Waals surface area contributed by atoms with Gasteiger partial charge in [0.2, 0.25) is 5.91 Å². The average Bonchev–Trinajstić information content (AvgIpc) is 3.20. The Labute approximate surface area is 165 Å². The van der Waals surface area contributed by atoms with Crippen molar-refractivity contribution in [2.75, 3.05) is 11.5 Å². The Morgan fingerprint density at radius 1 is 1.21 bits per heavy atom. The number of amides is 2. The summed E-state index contributed by atoms with van der Waals surface area (Å²) in [6.45, 7) is -0.172. The molecule has 2 aromatic rings. The van der Waals surface area contributed by atoms with Gasteiger partial charge in [-0.1, -0.05) is 36.0 Å². The molecule has 2 aliphatic rings. The minimum absolute atomic E-state index is 0.0448. The van der Waals surface area contributed by atoms with Crippen LogP contribution in [0, 0.1) is 0 Å². The SMILES string of the molecule is O=C(O)COc1cccc(CNC(=O)C23CCC(=O)N2c2ccccc2S3)c1. The van der Waals surface area contributed by atoms with Gasteiger partial charge in [-0.15, -0.1) is 0 Å². The number of benzene rings is 2. The van der Waals surface area contributed by atoms with Gasteiger partial charge in [-0.05, 0) is 36.2 Å². The van der Waals surface area contributed by atoms with Gasteiger partial charge in [0.15, 0.2) is 11.5 Å². The largest absolute Gasteiger partial charge is 0.482 e. The Bertz CT molecular complexity index is 963. The topological polar surface area (TPSA) is 95.9 Å². The third kappa shape index (κ3) is 3.20. The number of carbonyl (C=O) groups excluding carboxylic acids is 2. The van der Waals surface area contributed by atoms with Crippen molar-refractivity contribution in [2.45, 2.75) is 29.2 Å². The summed E-state index contributed by atoms with van der Waals surface area (Å²) < 4.78 is 5.17. The third-order valence-corrected chi connectivity index (χ3v) is 6.22. The third-order valence-electron chi connectivity index (χ3n) is 4.74. The van der Waals surface area contributed by atoms with Gasteiger partial charge in [-0.3, -0.25) is 14.5 Å². The van der Waals surface area contributed by atoms with Crippen LogP contribution in [-0.2, 0) is 20.9 Å². The molecule has 0 aromatic heterocycles. The van der Waals surface area contributed by atoms with Crippen molar-refractivity contribution in [1.29, 1.82) is 0 Å². The molecule has 0 saturated carbocycles. The number of nitrogens with one attached hydrogen (secondary N) is 1. The van der Waals surface area contributed by atoms with E-state index in [0.29, 0.717) is 18.6 Å². The van der Waals surface area contributed by atoms with Crippen LogP contribution < -0.4 is 15.0 Å². The van der Waals surface area contributed by atoms with E-state index in [1.54, 1.807) is 23.1 Å². The Morgan fingerprint density at radius 3 is 2.86 bits per heavy atom. The zero-order valence-corrected chi connectivity index (χ0v) is 15.7. The fourth-order valence-electron chi connectivity index (χ4n) is 3.51. The smallest absolute Gasteiger partial charge is 0.341 e. The van der Waals surface area contributed by atoms with E-state index in [4.69, 9.17) is 9.84 Å². The molecule has 0 spiro atoms. The number of rotatable bonds is 6. The highest BCUT2D eigenvalue weighted by atomic mass is 32.2. The first-order chi connectivity index (χ1) is 13.5. The lowest BCUT2D eigenvalue weighted by Crippen LogP contribution is -2.52. The fraction of sp³-hybridized carbons (Fsp3) is 0.250. The minimum Gasteiger partial charge on any atom is -0.482 e. The molecule has 1 atom stereocenters. The lowest BCUT2D eigenvalue weighted by Gasteiger charge is -2.29. The molecule has 2 heterocycles. The molecular formula is C20H18N2O5S. The van der Waals surface area contributed by atoms with Crippen molar-refractivity contribution in [2.24, 2.45) is 0 Å². The lowest BCUT2D eigenvalue weighted by molar-refractivity contribution is -0.139. The van der Waals surface area contributed by atoms with E-state index in [1.807, 2.05) is 30.3 Å². The van der Waals surface area contributed by atoms with Gasteiger partial charge in [-0.2, -0.15) is 0 Å². The summed E-state index contributed by atoms with van der Waals surface area (Å²) in [6.07, 6.45) is 0.798. The number of thioether (sulfide) groups is 1. The number of hydrogen-bond acceptors (Lipinski definition) is 5. The van der Waals surface area contributed by atoms with Gasteiger partial charge in [0, 0.05) is 17.9 Å². The summed E-state index contributed by atoms with van der Waals surface area (Å²) in [5.74, 6) is -0.887. The zero-order valence-electron chi connectivity index (χ0n) is 14.9. The van der Waals surface area contributed by atoms with E-state index in [2.05, 4.69) is 5.32 Å². The summed E-state index contributed by atoms with van der Waals surface area (Å²) in [4.78, 5) is 37.8. The number of carboxylic acids is 1. The number of aliphatic carboxylic acids is 1. The summed E-state index contributed by atoms with van der Waals surface area (Å²) in [7, 11) is 0. The van der Waals surface area contributed by atoms with Crippen LogP contribution in [0.1, 0.15) is 18.4 Å². The molecule has 8 heteroatoms. The van der Waals surface area contributed by atoms with E-state index in [0.717, 1.165) is 16.1 Å². The molecule has 2 N–H and O–H groups in total. The van der Waals surface area contributed by atoms with Crippen LogP contribution in [0.15, 0.2) is 53.4 Å². The maximum absolute atomic E-state index is 13.1. The Hall–Kier alpha value is -3.00. The molecule has 2 aliphatic heterocycles. The average molecular weight is 398 g/mol. The monoisotopic (exact) mass is 398 g/mol. The summed E-state index contributed by atoms with van der Waals surface area (Å²) in [6, 6.07) is 14.5. The number of carbonyl (C=O) groups is 3. The molecule has 0 radical (unpaired) electrons. The number of hydrogen-bond donors (Lipinski definition) is 2. The van der Waals surface area contributed by atoms with Crippen LogP contribution in [-0.4, -0.2) is 34.4 Å². The molecule has 0 aliphatic carbocycles. The van der Waals surface area contributed by atoms with E-state index in [9.17, 15) is 14.4 Å². The van der Waals surface area contributed by atoms with Gasteiger partial charge < -0.3 is 15.2 Å². The number of para-hydroxylation sites is 1. The van der Waals surface area contributed by atoms with Crippen LogP contribution in [0.5, 0.6) is 5.75 Å². The highest BCUT2D eigenvalue weighted by Crippen LogP contribution is 2.55. The van der Waals surface area contributed by atoms with Gasteiger partial charge in [-0.25, -0.2) is 4.79 Å². The van der Waals surface area contributed by atoms with Crippen molar-refractivity contribution in [3.63, 3.8) is 0 Å². The molecule has 0 bridgehead atoms. The number of ether oxygens (including phenoxy) is 1. The van der Waals surface area contributed by atoms with Crippen LogP contribution in [0.3, 0.4) is 0 Å². The second kappa shape index (κ2) is 7.20. The van der Waals surface area contributed by atoms with Crippen molar-refractivity contribution < 1.29 is 24.2 Å².